The third-order valence-corrected chi connectivity index (χ3v) is 3.23. The van der Waals surface area contributed by atoms with Crippen molar-refractivity contribution >= 4 is 21.6 Å². The molecule has 0 fully saturated rings. The summed E-state index contributed by atoms with van der Waals surface area (Å²) in [5.41, 5.74) is 7.96. The highest BCUT2D eigenvalue weighted by molar-refractivity contribution is 9.10. The molecule has 1 atom stereocenters. The third kappa shape index (κ3) is 2.16. The first-order valence-electron chi connectivity index (χ1n) is 5.06. The van der Waals surface area contributed by atoms with Crippen LogP contribution in [-0.4, -0.2) is 19.1 Å². The number of hydrogen-bond acceptors (Lipinski definition) is 2. The minimum atomic E-state index is -0.184. The van der Waals surface area contributed by atoms with Crippen LogP contribution in [0.3, 0.4) is 0 Å². The number of fused-ring (bicyclic) bond motifs is 1. The molecule has 2 rings (SSSR count). The maximum atomic E-state index is 13.3. The summed E-state index contributed by atoms with van der Waals surface area (Å²) >= 11 is 3.21. The highest BCUT2D eigenvalue weighted by Crippen LogP contribution is 2.32. The Morgan fingerprint density at radius 2 is 2.33 bits per heavy atom. The van der Waals surface area contributed by atoms with Crippen molar-refractivity contribution in [3.63, 3.8) is 0 Å². The SMILES string of the molecule is CC(N)CN1CCc2cc(F)c(Br)cc21. The highest BCUT2D eigenvalue weighted by Gasteiger charge is 2.21. The second kappa shape index (κ2) is 4.10. The van der Waals surface area contributed by atoms with Gasteiger partial charge in [0.25, 0.3) is 0 Å². The average molecular weight is 273 g/mol. The Kier molecular flexibility index (Phi) is 2.98. The molecular formula is C11H14BrFN2. The zero-order chi connectivity index (χ0) is 11.0. The molecule has 0 amide bonds. The van der Waals surface area contributed by atoms with E-state index in [0.717, 1.165) is 30.8 Å². The monoisotopic (exact) mass is 272 g/mol. The Hall–Kier alpha value is -0.610. The standard InChI is InChI=1S/C11H14BrFN2/c1-7(14)6-15-3-2-8-4-10(13)9(12)5-11(8)15/h4-5,7H,2-3,6,14H2,1H3. The first-order valence-corrected chi connectivity index (χ1v) is 5.85. The van der Waals surface area contributed by atoms with Crippen LogP contribution in [0.2, 0.25) is 0 Å². The first-order chi connectivity index (χ1) is 7.08. The molecule has 15 heavy (non-hydrogen) atoms. The second-order valence-electron chi connectivity index (χ2n) is 4.07. The van der Waals surface area contributed by atoms with E-state index in [1.54, 1.807) is 6.07 Å². The second-order valence-corrected chi connectivity index (χ2v) is 4.92. The van der Waals surface area contributed by atoms with Crippen LogP contribution in [0.25, 0.3) is 0 Å². The first kappa shape index (κ1) is 10.9. The van der Waals surface area contributed by atoms with E-state index in [0.29, 0.717) is 4.47 Å². The number of hydrogen-bond donors (Lipinski definition) is 1. The summed E-state index contributed by atoms with van der Waals surface area (Å²) in [5, 5.41) is 0. The lowest BCUT2D eigenvalue weighted by molar-refractivity contribution is 0.620. The molecule has 0 saturated heterocycles. The fourth-order valence-corrected chi connectivity index (χ4v) is 2.32. The molecule has 1 aromatic rings. The summed E-state index contributed by atoms with van der Waals surface area (Å²) < 4.78 is 13.8. The van der Waals surface area contributed by atoms with E-state index in [-0.39, 0.29) is 11.9 Å². The molecule has 0 saturated carbocycles. The maximum Gasteiger partial charge on any atom is 0.137 e. The predicted octanol–water partition coefficient (Wildman–Crippen LogP) is 2.30. The number of rotatable bonds is 2. The summed E-state index contributed by atoms with van der Waals surface area (Å²) in [6.45, 7) is 3.74. The molecule has 1 aliphatic heterocycles. The summed E-state index contributed by atoms with van der Waals surface area (Å²) in [6.07, 6.45) is 0.909. The Morgan fingerprint density at radius 1 is 1.60 bits per heavy atom. The van der Waals surface area contributed by atoms with Gasteiger partial charge in [-0.25, -0.2) is 4.39 Å². The molecule has 0 aromatic heterocycles. The van der Waals surface area contributed by atoms with Crippen LogP contribution in [0.15, 0.2) is 16.6 Å². The topological polar surface area (TPSA) is 29.3 Å². The summed E-state index contributed by atoms with van der Waals surface area (Å²) in [7, 11) is 0. The Labute approximate surface area is 97.4 Å². The molecule has 1 aliphatic rings. The minimum absolute atomic E-state index is 0.139. The van der Waals surface area contributed by atoms with Gasteiger partial charge in [-0.1, -0.05) is 0 Å². The summed E-state index contributed by atoms with van der Waals surface area (Å²) in [5.74, 6) is -0.184. The Bertz CT molecular complexity index is 379. The van der Waals surface area contributed by atoms with E-state index < -0.39 is 0 Å². The van der Waals surface area contributed by atoms with Gasteiger partial charge in [0.1, 0.15) is 5.82 Å². The van der Waals surface area contributed by atoms with Crippen LogP contribution in [0.5, 0.6) is 0 Å². The van der Waals surface area contributed by atoms with Crippen molar-refractivity contribution in [2.24, 2.45) is 5.73 Å². The maximum absolute atomic E-state index is 13.3. The normalized spacial score (nSPS) is 16.7. The van der Waals surface area contributed by atoms with Gasteiger partial charge in [-0.3, -0.25) is 0 Å². The molecular weight excluding hydrogens is 259 g/mol. The van der Waals surface area contributed by atoms with Crippen molar-refractivity contribution in [1.82, 2.24) is 0 Å². The zero-order valence-electron chi connectivity index (χ0n) is 8.63. The van der Waals surface area contributed by atoms with Crippen LogP contribution < -0.4 is 10.6 Å². The Balaban J connectivity index is 2.30. The number of anilines is 1. The molecule has 4 heteroatoms. The molecule has 1 heterocycles. The van der Waals surface area contributed by atoms with Gasteiger partial charge < -0.3 is 10.6 Å². The van der Waals surface area contributed by atoms with E-state index in [9.17, 15) is 4.39 Å². The van der Waals surface area contributed by atoms with E-state index in [2.05, 4.69) is 20.8 Å². The van der Waals surface area contributed by atoms with Crippen LogP contribution in [0.4, 0.5) is 10.1 Å². The number of nitrogens with two attached hydrogens (primary N) is 1. The molecule has 0 aliphatic carbocycles. The van der Waals surface area contributed by atoms with E-state index in [4.69, 9.17) is 5.73 Å². The van der Waals surface area contributed by atoms with Gasteiger partial charge in [0, 0.05) is 24.8 Å². The lowest BCUT2D eigenvalue weighted by atomic mass is 10.1. The van der Waals surface area contributed by atoms with Gasteiger partial charge >= 0.3 is 0 Å². The van der Waals surface area contributed by atoms with Gasteiger partial charge in [0.05, 0.1) is 4.47 Å². The van der Waals surface area contributed by atoms with Gasteiger partial charge in [-0.05, 0) is 47.0 Å². The van der Waals surface area contributed by atoms with E-state index >= 15 is 0 Å². The molecule has 1 aromatic carbocycles. The smallest absolute Gasteiger partial charge is 0.137 e. The molecule has 1 unspecified atom stereocenters. The van der Waals surface area contributed by atoms with Crippen molar-refractivity contribution in [2.45, 2.75) is 19.4 Å². The molecule has 2 nitrogen and oxygen atoms in total. The van der Waals surface area contributed by atoms with E-state index in [1.807, 2.05) is 13.0 Å². The number of nitrogens with zero attached hydrogens (tertiary/aromatic N) is 1. The fraction of sp³-hybridized carbons (Fsp3) is 0.455. The molecule has 2 N–H and O–H groups in total. The van der Waals surface area contributed by atoms with Crippen LogP contribution in [-0.2, 0) is 6.42 Å². The molecule has 0 spiro atoms. The largest absolute Gasteiger partial charge is 0.369 e. The lowest BCUT2D eigenvalue weighted by Crippen LogP contribution is -2.34. The van der Waals surface area contributed by atoms with Crippen molar-refractivity contribution in [3.05, 3.63) is 28.0 Å². The number of benzene rings is 1. The van der Waals surface area contributed by atoms with Gasteiger partial charge in [0.15, 0.2) is 0 Å². The predicted molar refractivity (Wildman–Crippen MR) is 63.7 cm³/mol. The van der Waals surface area contributed by atoms with Gasteiger partial charge in [-0.2, -0.15) is 0 Å². The fourth-order valence-electron chi connectivity index (χ4n) is 1.99. The van der Waals surface area contributed by atoms with Crippen LogP contribution in [0.1, 0.15) is 12.5 Å². The molecule has 0 bridgehead atoms. The molecule has 82 valence electrons. The summed E-state index contributed by atoms with van der Waals surface area (Å²) in [6, 6.07) is 3.60. The average Bonchev–Trinajstić information content (AvgIpc) is 2.49. The van der Waals surface area contributed by atoms with Crippen molar-refractivity contribution in [3.8, 4) is 0 Å². The third-order valence-electron chi connectivity index (χ3n) is 2.62. The quantitative estimate of drug-likeness (QED) is 0.895. The Morgan fingerprint density at radius 3 is 3.00 bits per heavy atom. The zero-order valence-corrected chi connectivity index (χ0v) is 10.2. The van der Waals surface area contributed by atoms with E-state index in [1.165, 1.54) is 0 Å². The number of halogens is 2. The highest BCUT2D eigenvalue weighted by atomic mass is 79.9. The van der Waals surface area contributed by atoms with Crippen molar-refractivity contribution in [2.75, 3.05) is 18.0 Å². The lowest BCUT2D eigenvalue weighted by Gasteiger charge is -2.21. The minimum Gasteiger partial charge on any atom is -0.369 e. The van der Waals surface area contributed by atoms with Crippen molar-refractivity contribution in [1.29, 1.82) is 0 Å². The van der Waals surface area contributed by atoms with Crippen molar-refractivity contribution < 1.29 is 4.39 Å². The molecule has 0 radical (unpaired) electrons. The van der Waals surface area contributed by atoms with Crippen LogP contribution in [0, 0.1) is 5.82 Å². The summed E-state index contributed by atoms with van der Waals surface area (Å²) in [4.78, 5) is 2.21. The van der Waals surface area contributed by atoms with Gasteiger partial charge in [0.2, 0.25) is 0 Å². The van der Waals surface area contributed by atoms with Crippen LogP contribution >= 0.6 is 15.9 Å². The van der Waals surface area contributed by atoms with Gasteiger partial charge in [-0.15, -0.1) is 0 Å².